The number of hydrogen-bond donors (Lipinski definition) is 4. The molecule has 4 aromatic rings. The minimum atomic E-state index is -0.902. The number of rotatable bonds is 6. The number of para-hydroxylation sites is 1. The van der Waals surface area contributed by atoms with Gasteiger partial charge >= 0.3 is 0 Å². The lowest BCUT2D eigenvalue weighted by atomic mass is 9.92. The van der Waals surface area contributed by atoms with E-state index >= 15 is 0 Å². The van der Waals surface area contributed by atoms with Crippen molar-refractivity contribution < 1.29 is 23.7 Å². The van der Waals surface area contributed by atoms with Crippen LogP contribution in [0.25, 0.3) is 22.2 Å². The first-order chi connectivity index (χ1) is 23.1. The van der Waals surface area contributed by atoms with Gasteiger partial charge in [-0.2, -0.15) is 0 Å². The number of nitrogens with one attached hydrogen (secondary N) is 4. The molecule has 252 valence electrons. The van der Waals surface area contributed by atoms with Gasteiger partial charge in [-0.25, -0.2) is 0 Å². The van der Waals surface area contributed by atoms with Gasteiger partial charge in [0.1, 0.15) is 29.1 Å². The number of hydrogen-bond acceptors (Lipinski definition) is 6. The quantitative estimate of drug-likeness (QED) is 0.241. The van der Waals surface area contributed by atoms with Crippen molar-refractivity contribution in [1.82, 2.24) is 31.0 Å². The van der Waals surface area contributed by atoms with E-state index in [-0.39, 0.29) is 61.4 Å². The molecule has 11 nitrogen and oxygen atoms in total. The minimum Gasteiger partial charge on any atom is -0.361 e. The molecule has 4 amide bonds. The third kappa shape index (κ3) is 7.00. The molecule has 11 heteroatoms. The lowest BCUT2D eigenvalue weighted by Gasteiger charge is -2.30. The third-order valence-corrected chi connectivity index (χ3v) is 9.73. The molecule has 48 heavy (non-hydrogen) atoms. The lowest BCUT2D eigenvalue weighted by Crippen LogP contribution is -2.55. The number of amides is 4. The second-order valence-electron chi connectivity index (χ2n) is 13.7. The van der Waals surface area contributed by atoms with Crippen LogP contribution in [0.1, 0.15) is 68.1 Å². The highest BCUT2D eigenvalue weighted by Crippen LogP contribution is 2.28. The standard InChI is InChI=1S/C37H44N6O5/c1-21(2)28-15-14-22(3)16-32(44)40-30(17-25-19-38-29-13-9-8-12-27(25)29)37(47)43-20-26(18-31(43)35(45)41-28)39-36(46)33-23(4)48-42-34(33)24-10-6-5-7-11-24/h5-13,19,21-22,26,28,30-31,38H,14-18,20H2,1-4H3,(H,39,46)(H,40,44)(H,41,45)/t22-,26-,28+,30-,31+/m1/s1. The summed E-state index contributed by atoms with van der Waals surface area (Å²) in [7, 11) is 0. The van der Waals surface area contributed by atoms with E-state index in [9.17, 15) is 19.2 Å². The monoisotopic (exact) mass is 652 g/mol. The van der Waals surface area contributed by atoms with Crippen LogP contribution in [-0.2, 0) is 20.8 Å². The minimum absolute atomic E-state index is 0.0776. The Bertz CT molecular complexity index is 1800. The maximum absolute atomic E-state index is 14.5. The van der Waals surface area contributed by atoms with Crippen molar-refractivity contribution in [2.45, 2.75) is 84.0 Å². The van der Waals surface area contributed by atoms with Crippen LogP contribution in [0.2, 0.25) is 0 Å². The Morgan fingerprint density at radius 3 is 2.56 bits per heavy atom. The smallest absolute Gasteiger partial charge is 0.257 e. The van der Waals surface area contributed by atoms with E-state index in [2.05, 4.69) is 39.9 Å². The molecule has 2 aliphatic heterocycles. The summed E-state index contributed by atoms with van der Waals surface area (Å²) in [6, 6.07) is 14.8. The van der Waals surface area contributed by atoms with Gasteiger partial charge < -0.3 is 30.4 Å². The third-order valence-electron chi connectivity index (χ3n) is 9.73. The first-order valence-electron chi connectivity index (χ1n) is 16.9. The molecule has 2 saturated heterocycles. The van der Waals surface area contributed by atoms with Crippen molar-refractivity contribution in [3.63, 3.8) is 0 Å². The predicted molar refractivity (Wildman–Crippen MR) is 182 cm³/mol. The number of H-pyrrole nitrogens is 1. The van der Waals surface area contributed by atoms with Crippen molar-refractivity contribution in [3.05, 3.63) is 77.7 Å². The van der Waals surface area contributed by atoms with Crippen LogP contribution in [0.15, 0.2) is 65.3 Å². The molecular weight excluding hydrogens is 608 g/mol. The molecule has 0 unspecified atom stereocenters. The number of benzene rings is 2. The maximum Gasteiger partial charge on any atom is 0.257 e. The van der Waals surface area contributed by atoms with Gasteiger partial charge in [0.05, 0.1) is 0 Å². The lowest BCUT2D eigenvalue weighted by molar-refractivity contribution is -0.141. The Morgan fingerprint density at radius 2 is 1.79 bits per heavy atom. The number of aromatic nitrogens is 2. The predicted octanol–water partition coefficient (Wildman–Crippen LogP) is 4.52. The van der Waals surface area contributed by atoms with Crippen molar-refractivity contribution in [3.8, 4) is 11.3 Å². The highest BCUT2D eigenvalue weighted by molar-refractivity contribution is 6.01. The van der Waals surface area contributed by atoms with E-state index in [1.165, 1.54) is 4.90 Å². The van der Waals surface area contributed by atoms with Crippen LogP contribution >= 0.6 is 0 Å². The van der Waals surface area contributed by atoms with Crippen molar-refractivity contribution in [1.29, 1.82) is 0 Å². The van der Waals surface area contributed by atoms with Crippen molar-refractivity contribution in [2.24, 2.45) is 11.8 Å². The SMILES string of the molecule is Cc1onc(-c2ccccc2)c1C(=O)N[C@@H]1C[C@H]2C(=O)N[C@H](C(C)C)CC[C@@H](C)CC(=O)N[C@H](Cc3c[nH]c4ccccc34)C(=O)N2C1. The Kier molecular flexibility index (Phi) is 9.66. The van der Waals surface area contributed by atoms with Crippen LogP contribution in [0.3, 0.4) is 0 Å². The molecule has 2 aromatic carbocycles. The number of fused-ring (bicyclic) bond motifs is 2. The van der Waals surface area contributed by atoms with Crippen molar-refractivity contribution in [2.75, 3.05) is 6.54 Å². The van der Waals surface area contributed by atoms with Gasteiger partial charge in [0, 0.05) is 54.1 Å². The first kappa shape index (κ1) is 33.0. The van der Waals surface area contributed by atoms with E-state index in [4.69, 9.17) is 4.52 Å². The summed E-state index contributed by atoms with van der Waals surface area (Å²) in [5, 5.41) is 14.4. The highest BCUT2D eigenvalue weighted by Gasteiger charge is 2.44. The Balaban J connectivity index is 1.31. The summed E-state index contributed by atoms with van der Waals surface area (Å²) in [6.07, 6.45) is 4.09. The Morgan fingerprint density at radius 1 is 1.04 bits per heavy atom. The fourth-order valence-corrected chi connectivity index (χ4v) is 7.03. The molecule has 2 aromatic heterocycles. The highest BCUT2D eigenvalue weighted by atomic mass is 16.5. The normalized spacial score (nSPS) is 24.0. The molecule has 4 N–H and O–H groups in total. The average Bonchev–Trinajstić information content (AvgIpc) is 3.79. The molecule has 0 spiro atoms. The fraction of sp³-hybridized carbons (Fsp3) is 0.432. The largest absolute Gasteiger partial charge is 0.361 e. The molecule has 2 fully saturated rings. The average molecular weight is 653 g/mol. The van der Waals surface area contributed by atoms with Gasteiger partial charge in [0.15, 0.2) is 0 Å². The Labute approximate surface area is 280 Å². The zero-order chi connectivity index (χ0) is 33.9. The van der Waals surface area contributed by atoms with E-state index in [0.29, 0.717) is 23.4 Å². The van der Waals surface area contributed by atoms with Gasteiger partial charge in [-0.05, 0) is 49.7 Å². The van der Waals surface area contributed by atoms with Gasteiger partial charge in [0.25, 0.3) is 5.91 Å². The maximum atomic E-state index is 14.5. The number of carbonyl (C=O) groups is 4. The zero-order valence-electron chi connectivity index (χ0n) is 27.9. The van der Waals surface area contributed by atoms with Crippen LogP contribution in [-0.4, -0.2) is 69.4 Å². The van der Waals surface area contributed by atoms with E-state index < -0.39 is 24.0 Å². The van der Waals surface area contributed by atoms with Gasteiger partial charge in [-0.3, -0.25) is 19.2 Å². The molecule has 5 atom stereocenters. The zero-order valence-corrected chi connectivity index (χ0v) is 27.9. The summed E-state index contributed by atoms with van der Waals surface area (Å²) >= 11 is 0. The van der Waals surface area contributed by atoms with Crippen LogP contribution < -0.4 is 16.0 Å². The summed E-state index contributed by atoms with van der Waals surface area (Å²) in [4.78, 5) is 60.5. The number of aromatic amines is 1. The second kappa shape index (κ2) is 14.0. The number of nitrogens with zero attached hydrogens (tertiary/aromatic N) is 2. The molecule has 0 bridgehead atoms. The van der Waals surface area contributed by atoms with E-state index in [1.807, 2.05) is 67.7 Å². The molecular formula is C37H44N6O5. The molecule has 4 heterocycles. The molecule has 2 aliphatic rings. The molecule has 0 aliphatic carbocycles. The van der Waals surface area contributed by atoms with Gasteiger partial charge in [-0.15, -0.1) is 0 Å². The van der Waals surface area contributed by atoms with Gasteiger partial charge in [-0.1, -0.05) is 74.5 Å². The summed E-state index contributed by atoms with van der Waals surface area (Å²) in [5.74, 6) is -0.594. The fourth-order valence-electron chi connectivity index (χ4n) is 7.03. The molecule has 0 saturated carbocycles. The number of carbonyl (C=O) groups excluding carboxylic acids is 4. The molecule has 6 rings (SSSR count). The van der Waals surface area contributed by atoms with Crippen LogP contribution in [0, 0.1) is 18.8 Å². The summed E-state index contributed by atoms with van der Waals surface area (Å²) in [5.41, 5.74) is 3.31. The number of aryl methyl sites for hydroxylation is 1. The molecule has 0 radical (unpaired) electrons. The van der Waals surface area contributed by atoms with Gasteiger partial charge in [0.2, 0.25) is 17.7 Å². The second-order valence-corrected chi connectivity index (χ2v) is 13.7. The van der Waals surface area contributed by atoms with Crippen LogP contribution in [0.5, 0.6) is 0 Å². The summed E-state index contributed by atoms with van der Waals surface area (Å²) < 4.78 is 5.42. The summed E-state index contributed by atoms with van der Waals surface area (Å²) in [6.45, 7) is 7.94. The van der Waals surface area contributed by atoms with E-state index in [0.717, 1.165) is 28.5 Å². The van der Waals surface area contributed by atoms with Crippen molar-refractivity contribution >= 4 is 34.5 Å². The first-order valence-corrected chi connectivity index (χ1v) is 16.9. The van der Waals surface area contributed by atoms with Crippen LogP contribution in [0.4, 0.5) is 0 Å². The Hall–Kier alpha value is -4.93. The van der Waals surface area contributed by atoms with E-state index in [1.54, 1.807) is 6.92 Å². The topological polar surface area (TPSA) is 149 Å².